The van der Waals surface area contributed by atoms with Crippen LogP contribution >= 0.6 is 0 Å². The number of fused-ring (bicyclic) bond motifs is 3. The van der Waals surface area contributed by atoms with Gasteiger partial charge in [0.2, 0.25) is 0 Å². The van der Waals surface area contributed by atoms with Gasteiger partial charge in [0.25, 0.3) is 0 Å². The van der Waals surface area contributed by atoms with Crippen LogP contribution in [0.5, 0.6) is 0 Å². The first-order valence-corrected chi connectivity index (χ1v) is 7.93. The first-order chi connectivity index (χ1) is 11.2. The second-order valence-electron chi connectivity index (χ2n) is 6.08. The smallest absolute Gasteiger partial charge is 0.157 e. The number of benzene rings is 1. The molecular formula is C18H18N4O. The Labute approximate surface area is 134 Å². The predicted octanol–water partition coefficient (Wildman–Crippen LogP) is 2.63. The number of anilines is 1. The zero-order valence-corrected chi connectivity index (χ0v) is 13.0. The van der Waals surface area contributed by atoms with Gasteiger partial charge >= 0.3 is 0 Å². The summed E-state index contributed by atoms with van der Waals surface area (Å²) in [5.41, 5.74) is 4.12. The SMILES string of the molecule is Cc1cc(N(CCO)C2CC2)n2c(nc3ccccc32)c1C#N. The first-order valence-electron chi connectivity index (χ1n) is 7.93. The number of aryl methyl sites for hydroxylation is 1. The van der Waals surface area contributed by atoms with Crippen molar-refractivity contribution in [3.8, 4) is 6.07 Å². The van der Waals surface area contributed by atoms with Gasteiger partial charge in [0.15, 0.2) is 5.65 Å². The summed E-state index contributed by atoms with van der Waals surface area (Å²) in [6, 6.07) is 12.8. The fraction of sp³-hybridized carbons (Fsp3) is 0.333. The lowest BCUT2D eigenvalue weighted by molar-refractivity contribution is 0.301. The third-order valence-electron chi connectivity index (χ3n) is 4.49. The number of aliphatic hydroxyl groups is 1. The molecule has 5 nitrogen and oxygen atoms in total. The quantitative estimate of drug-likeness (QED) is 0.805. The Hall–Kier alpha value is -2.58. The maximum absolute atomic E-state index is 9.54. The monoisotopic (exact) mass is 306 g/mol. The molecule has 23 heavy (non-hydrogen) atoms. The standard InChI is InChI=1S/C18H18N4O/c1-12-10-17(21(8-9-23)13-6-7-13)22-16-5-3-2-4-15(16)20-18(22)14(12)11-19/h2-5,10,13,23H,6-9H2,1H3. The van der Waals surface area contributed by atoms with E-state index in [4.69, 9.17) is 0 Å². The Morgan fingerprint density at radius 3 is 2.87 bits per heavy atom. The number of nitrogens with zero attached hydrogens (tertiary/aromatic N) is 4. The lowest BCUT2D eigenvalue weighted by Crippen LogP contribution is -2.30. The van der Waals surface area contributed by atoms with Crippen molar-refractivity contribution in [2.45, 2.75) is 25.8 Å². The van der Waals surface area contributed by atoms with Crippen molar-refractivity contribution in [2.75, 3.05) is 18.1 Å². The van der Waals surface area contributed by atoms with Gasteiger partial charge in [0, 0.05) is 12.6 Å². The van der Waals surface area contributed by atoms with E-state index in [1.165, 1.54) is 0 Å². The number of nitriles is 1. The Balaban J connectivity index is 2.08. The van der Waals surface area contributed by atoms with Crippen LogP contribution in [0.3, 0.4) is 0 Å². The van der Waals surface area contributed by atoms with E-state index in [1.54, 1.807) is 0 Å². The average Bonchev–Trinajstić information content (AvgIpc) is 3.32. The molecule has 116 valence electrons. The lowest BCUT2D eigenvalue weighted by Gasteiger charge is -2.25. The van der Waals surface area contributed by atoms with Crippen LogP contribution in [0.15, 0.2) is 30.3 Å². The van der Waals surface area contributed by atoms with E-state index in [1.807, 2.05) is 37.3 Å². The molecule has 1 aliphatic carbocycles. The maximum Gasteiger partial charge on any atom is 0.157 e. The molecule has 1 saturated carbocycles. The number of aliphatic hydroxyl groups excluding tert-OH is 1. The molecule has 5 heteroatoms. The van der Waals surface area contributed by atoms with E-state index in [-0.39, 0.29) is 6.61 Å². The van der Waals surface area contributed by atoms with Crippen LogP contribution in [-0.4, -0.2) is 33.7 Å². The number of para-hydroxylation sites is 2. The van der Waals surface area contributed by atoms with Crippen LogP contribution in [0.25, 0.3) is 16.7 Å². The maximum atomic E-state index is 9.54. The minimum Gasteiger partial charge on any atom is -0.395 e. The average molecular weight is 306 g/mol. The van der Waals surface area contributed by atoms with Crippen LogP contribution in [0, 0.1) is 18.3 Å². The van der Waals surface area contributed by atoms with Crippen LogP contribution in [0.1, 0.15) is 24.0 Å². The number of aromatic nitrogens is 2. The molecule has 1 aromatic carbocycles. The molecule has 0 saturated heterocycles. The topological polar surface area (TPSA) is 64.6 Å². The molecule has 0 aliphatic heterocycles. The summed E-state index contributed by atoms with van der Waals surface area (Å²) < 4.78 is 2.06. The zero-order chi connectivity index (χ0) is 16.0. The molecule has 0 amide bonds. The van der Waals surface area contributed by atoms with E-state index in [0.29, 0.717) is 23.8 Å². The fourth-order valence-corrected chi connectivity index (χ4v) is 3.26. The highest BCUT2D eigenvalue weighted by Gasteiger charge is 2.31. The van der Waals surface area contributed by atoms with Gasteiger partial charge < -0.3 is 10.0 Å². The number of hydrogen-bond donors (Lipinski definition) is 1. The van der Waals surface area contributed by atoms with Gasteiger partial charge in [-0.1, -0.05) is 12.1 Å². The molecule has 2 aromatic heterocycles. The minimum atomic E-state index is 0.115. The van der Waals surface area contributed by atoms with Gasteiger partial charge in [-0.25, -0.2) is 4.98 Å². The Morgan fingerprint density at radius 1 is 1.39 bits per heavy atom. The molecule has 0 radical (unpaired) electrons. The summed E-state index contributed by atoms with van der Waals surface area (Å²) in [6.07, 6.45) is 2.29. The van der Waals surface area contributed by atoms with E-state index < -0.39 is 0 Å². The second kappa shape index (κ2) is 5.25. The summed E-state index contributed by atoms with van der Waals surface area (Å²) in [4.78, 5) is 6.93. The van der Waals surface area contributed by atoms with E-state index in [2.05, 4.69) is 20.4 Å². The van der Waals surface area contributed by atoms with E-state index >= 15 is 0 Å². The Bertz CT molecular complexity index is 933. The second-order valence-corrected chi connectivity index (χ2v) is 6.08. The molecule has 0 bridgehead atoms. The molecule has 2 heterocycles. The van der Waals surface area contributed by atoms with Crippen LogP contribution in [-0.2, 0) is 0 Å². The molecular weight excluding hydrogens is 288 g/mol. The number of rotatable bonds is 4. The molecule has 4 rings (SSSR count). The van der Waals surface area contributed by atoms with Gasteiger partial charge in [0.05, 0.1) is 23.2 Å². The van der Waals surface area contributed by atoms with Gasteiger partial charge in [-0.2, -0.15) is 5.26 Å². The highest BCUT2D eigenvalue weighted by Crippen LogP contribution is 2.35. The lowest BCUT2D eigenvalue weighted by atomic mass is 10.1. The number of hydrogen-bond acceptors (Lipinski definition) is 4. The van der Waals surface area contributed by atoms with Crippen molar-refractivity contribution in [3.05, 3.63) is 41.5 Å². The minimum absolute atomic E-state index is 0.115. The Morgan fingerprint density at radius 2 is 2.17 bits per heavy atom. The summed E-state index contributed by atoms with van der Waals surface area (Å²) in [6.45, 7) is 2.66. The molecule has 0 spiro atoms. The van der Waals surface area contributed by atoms with Gasteiger partial charge in [-0.3, -0.25) is 4.40 Å². The van der Waals surface area contributed by atoms with E-state index in [9.17, 15) is 10.4 Å². The third-order valence-corrected chi connectivity index (χ3v) is 4.49. The molecule has 1 fully saturated rings. The largest absolute Gasteiger partial charge is 0.395 e. The molecule has 1 aliphatic rings. The Kier molecular flexibility index (Phi) is 3.21. The normalized spacial score (nSPS) is 14.3. The highest BCUT2D eigenvalue weighted by atomic mass is 16.3. The summed E-state index contributed by atoms with van der Waals surface area (Å²) in [7, 11) is 0. The van der Waals surface area contributed by atoms with Crippen molar-refractivity contribution in [3.63, 3.8) is 0 Å². The van der Waals surface area contributed by atoms with Crippen molar-refractivity contribution in [1.29, 1.82) is 5.26 Å². The first kappa shape index (κ1) is 14.0. The van der Waals surface area contributed by atoms with Gasteiger partial charge in [-0.15, -0.1) is 0 Å². The van der Waals surface area contributed by atoms with Gasteiger partial charge in [0.1, 0.15) is 11.9 Å². The molecule has 0 unspecified atom stereocenters. The van der Waals surface area contributed by atoms with Gasteiger partial charge in [-0.05, 0) is 43.5 Å². The van der Waals surface area contributed by atoms with Crippen LogP contribution < -0.4 is 4.90 Å². The number of imidazole rings is 1. The van der Waals surface area contributed by atoms with E-state index in [0.717, 1.165) is 35.3 Å². The summed E-state index contributed by atoms with van der Waals surface area (Å²) in [5, 5.41) is 19.0. The zero-order valence-electron chi connectivity index (χ0n) is 13.0. The van der Waals surface area contributed by atoms with Crippen molar-refractivity contribution < 1.29 is 5.11 Å². The summed E-state index contributed by atoms with van der Waals surface area (Å²) >= 11 is 0. The fourth-order valence-electron chi connectivity index (χ4n) is 3.26. The molecule has 3 aromatic rings. The summed E-state index contributed by atoms with van der Waals surface area (Å²) in [5.74, 6) is 1.02. The predicted molar refractivity (Wildman–Crippen MR) is 89.6 cm³/mol. The molecule has 0 atom stereocenters. The van der Waals surface area contributed by atoms with Crippen molar-refractivity contribution in [1.82, 2.24) is 9.38 Å². The molecule has 1 N–H and O–H groups in total. The van der Waals surface area contributed by atoms with Crippen molar-refractivity contribution >= 4 is 22.5 Å². The number of pyridine rings is 1. The van der Waals surface area contributed by atoms with Crippen molar-refractivity contribution in [2.24, 2.45) is 0 Å². The third kappa shape index (κ3) is 2.14. The van der Waals surface area contributed by atoms with Crippen LogP contribution in [0.2, 0.25) is 0 Å². The van der Waals surface area contributed by atoms with Crippen LogP contribution in [0.4, 0.5) is 5.82 Å². The highest BCUT2D eigenvalue weighted by molar-refractivity contribution is 5.85.